The molecule has 4 rings (SSSR count). The summed E-state index contributed by atoms with van der Waals surface area (Å²) in [6, 6.07) is 5.63. The summed E-state index contributed by atoms with van der Waals surface area (Å²) >= 11 is 0. The molecule has 0 amide bonds. The Morgan fingerprint density at radius 1 is 1.22 bits per heavy atom. The van der Waals surface area contributed by atoms with E-state index in [1.54, 1.807) is 18.5 Å². The minimum Gasteiger partial charge on any atom is -0.368 e. The van der Waals surface area contributed by atoms with E-state index in [1.165, 1.54) is 0 Å². The van der Waals surface area contributed by atoms with Gasteiger partial charge in [-0.1, -0.05) is 19.0 Å². The highest BCUT2D eigenvalue weighted by atomic mass is 16.5. The molecule has 27 heavy (non-hydrogen) atoms. The fourth-order valence-electron chi connectivity index (χ4n) is 2.80. The van der Waals surface area contributed by atoms with E-state index in [1.807, 2.05) is 22.9 Å². The first kappa shape index (κ1) is 17.0. The molecule has 9 nitrogen and oxygen atoms in total. The topological polar surface area (TPSA) is 121 Å². The van der Waals surface area contributed by atoms with E-state index in [0.717, 1.165) is 22.5 Å². The number of nitrogens with one attached hydrogen (secondary N) is 1. The first-order valence-electron chi connectivity index (χ1n) is 8.68. The molecular weight excluding hydrogens is 344 g/mol. The smallest absolute Gasteiger partial charge is 0.222 e. The van der Waals surface area contributed by atoms with Gasteiger partial charge in [-0.25, -0.2) is 15.0 Å². The van der Waals surface area contributed by atoms with Crippen molar-refractivity contribution in [3.05, 3.63) is 54.1 Å². The van der Waals surface area contributed by atoms with Crippen LogP contribution in [0.25, 0.3) is 11.0 Å². The summed E-state index contributed by atoms with van der Waals surface area (Å²) in [5.74, 6) is 2.68. The SMILES string of the molecule is CC(C)c1cc(CNc2nc(N)nc3ccn(Cc4ncccn4)c23)no1. The van der Waals surface area contributed by atoms with Gasteiger partial charge in [0.25, 0.3) is 0 Å². The van der Waals surface area contributed by atoms with Crippen molar-refractivity contribution < 1.29 is 4.52 Å². The molecule has 138 valence electrons. The molecule has 0 saturated heterocycles. The van der Waals surface area contributed by atoms with E-state index in [4.69, 9.17) is 10.3 Å². The number of fused-ring (bicyclic) bond motifs is 1. The van der Waals surface area contributed by atoms with Crippen molar-refractivity contribution in [1.82, 2.24) is 29.7 Å². The van der Waals surface area contributed by atoms with Crippen LogP contribution in [-0.4, -0.2) is 29.7 Å². The number of nitrogen functional groups attached to an aromatic ring is 1. The molecule has 9 heteroatoms. The van der Waals surface area contributed by atoms with E-state index in [9.17, 15) is 0 Å². The summed E-state index contributed by atoms with van der Waals surface area (Å²) in [6.07, 6.45) is 5.37. The third-order valence-electron chi connectivity index (χ3n) is 4.14. The van der Waals surface area contributed by atoms with Crippen LogP contribution in [0.5, 0.6) is 0 Å². The second-order valence-electron chi connectivity index (χ2n) is 6.50. The highest BCUT2D eigenvalue weighted by molar-refractivity contribution is 5.87. The van der Waals surface area contributed by atoms with Crippen LogP contribution >= 0.6 is 0 Å². The number of nitrogens with zero attached hydrogens (tertiary/aromatic N) is 6. The Morgan fingerprint density at radius 3 is 2.78 bits per heavy atom. The minimum atomic E-state index is 0.210. The molecule has 3 N–H and O–H groups in total. The number of hydrogen-bond donors (Lipinski definition) is 2. The van der Waals surface area contributed by atoms with Gasteiger partial charge in [0.1, 0.15) is 22.8 Å². The lowest BCUT2D eigenvalue weighted by Gasteiger charge is -2.10. The third-order valence-corrected chi connectivity index (χ3v) is 4.14. The first-order valence-corrected chi connectivity index (χ1v) is 8.68. The molecule has 0 fully saturated rings. The van der Waals surface area contributed by atoms with E-state index >= 15 is 0 Å². The Labute approximate surface area is 155 Å². The van der Waals surface area contributed by atoms with Crippen LogP contribution in [0.15, 0.2) is 41.3 Å². The Morgan fingerprint density at radius 2 is 2.04 bits per heavy atom. The van der Waals surface area contributed by atoms with Crippen LogP contribution < -0.4 is 11.1 Å². The van der Waals surface area contributed by atoms with Crippen molar-refractivity contribution >= 4 is 22.8 Å². The molecule has 0 atom stereocenters. The van der Waals surface area contributed by atoms with Crippen molar-refractivity contribution in [3.63, 3.8) is 0 Å². The summed E-state index contributed by atoms with van der Waals surface area (Å²) in [5.41, 5.74) is 8.26. The van der Waals surface area contributed by atoms with Crippen LogP contribution in [0.3, 0.4) is 0 Å². The second kappa shape index (κ2) is 7.02. The zero-order valence-corrected chi connectivity index (χ0v) is 15.1. The lowest BCUT2D eigenvalue weighted by Crippen LogP contribution is -2.09. The molecule has 0 aromatic carbocycles. The molecule has 0 aliphatic heterocycles. The van der Waals surface area contributed by atoms with Gasteiger partial charge in [0.05, 0.1) is 18.6 Å². The van der Waals surface area contributed by atoms with Gasteiger partial charge in [-0.3, -0.25) is 0 Å². The minimum absolute atomic E-state index is 0.210. The van der Waals surface area contributed by atoms with E-state index in [0.29, 0.717) is 24.7 Å². The Kier molecular flexibility index (Phi) is 4.41. The van der Waals surface area contributed by atoms with Gasteiger partial charge in [-0.05, 0) is 12.1 Å². The summed E-state index contributed by atoms with van der Waals surface area (Å²) in [6.45, 7) is 5.10. The number of nitrogens with two attached hydrogens (primary N) is 1. The molecule has 0 unspecified atom stereocenters. The monoisotopic (exact) mass is 364 g/mol. The quantitative estimate of drug-likeness (QED) is 0.535. The Hall–Kier alpha value is -3.49. The van der Waals surface area contributed by atoms with Gasteiger partial charge < -0.3 is 20.1 Å². The second-order valence-corrected chi connectivity index (χ2v) is 6.50. The standard InChI is InChI=1S/C18H20N8O/c1-11(2)14-8-12(25-27-14)9-22-17-16-13(23-18(19)24-17)4-7-26(16)10-15-20-5-3-6-21-15/h3-8,11H,9-10H2,1-2H3,(H3,19,22,23,24). The number of hydrogen-bond acceptors (Lipinski definition) is 8. The predicted octanol–water partition coefficient (Wildman–Crippen LogP) is 2.58. The molecular formula is C18H20N8O. The van der Waals surface area contributed by atoms with Crippen molar-refractivity contribution in [1.29, 1.82) is 0 Å². The molecule has 4 aromatic rings. The third kappa shape index (κ3) is 3.57. The van der Waals surface area contributed by atoms with Crippen molar-refractivity contribution in [3.8, 4) is 0 Å². The summed E-state index contributed by atoms with van der Waals surface area (Å²) < 4.78 is 7.34. The van der Waals surface area contributed by atoms with Crippen molar-refractivity contribution in [2.75, 3.05) is 11.1 Å². The summed E-state index contributed by atoms with van der Waals surface area (Å²) in [4.78, 5) is 17.2. The molecule has 0 bridgehead atoms. The van der Waals surface area contributed by atoms with Crippen LogP contribution in [0, 0.1) is 0 Å². The molecule has 0 spiro atoms. The number of aromatic nitrogens is 6. The Bertz CT molecular complexity index is 1050. The van der Waals surface area contributed by atoms with Gasteiger partial charge in [-0.2, -0.15) is 4.98 Å². The average Bonchev–Trinajstić information content (AvgIpc) is 3.28. The largest absolute Gasteiger partial charge is 0.368 e. The van der Waals surface area contributed by atoms with Gasteiger partial charge in [-0.15, -0.1) is 0 Å². The molecule has 0 aliphatic rings. The van der Waals surface area contributed by atoms with E-state index in [-0.39, 0.29) is 11.9 Å². The normalized spacial score (nSPS) is 11.4. The Balaban J connectivity index is 1.63. The van der Waals surface area contributed by atoms with Crippen LogP contribution in [0.4, 0.5) is 11.8 Å². The molecule has 4 heterocycles. The van der Waals surface area contributed by atoms with Crippen LogP contribution in [-0.2, 0) is 13.1 Å². The highest BCUT2D eigenvalue weighted by Gasteiger charge is 2.14. The van der Waals surface area contributed by atoms with Crippen molar-refractivity contribution in [2.45, 2.75) is 32.9 Å². The molecule has 4 aromatic heterocycles. The summed E-state index contributed by atoms with van der Waals surface area (Å²) in [5, 5.41) is 7.39. The zero-order valence-electron chi connectivity index (χ0n) is 15.1. The predicted molar refractivity (Wildman–Crippen MR) is 101 cm³/mol. The maximum Gasteiger partial charge on any atom is 0.222 e. The zero-order chi connectivity index (χ0) is 18.8. The first-order chi connectivity index (χ1) is 13.1. The van der Waals surface area contributed by atoms with Gasteiger partial charge >= 0.3 is 0 Å². The van der Waals surface area contributed by atoms with E-state index < -0.39 is 0 Å². The maximum absolute atomic E-state index is 5.87. The highest BCUT2D eigenvalue weighted by Crippen LogP contribution is 2.24. The average molecular weight is 364 g/mol. The van der Waals surface area contributed by atoms with Gasteiger partial charge in [0.15, 0.2) is 5.82 Å². The molecule has 0 radical (unpaired) electrons. The number of anilines is 2. The number of rotatable bonds is 6. The maximum atomic E-state index is 5.87. The van der Waals surface area contributed by atoms with Gasteiger partial charge in [0.2, 0.25) is 5.95 Å². The lowest BCUT2D eigenvalue weighted by molar-refractivity contribution is 0.366. The van der Waals surface area contributed by atoms with Gasteiger partial charge in [0, 0.05) is 30.6 Å². The molecule has 0 saturated carbocycles. The van der Waals surface area contributed by atoms with Crippen LogP contribution in [0.1, 0.15) is 37.0 Å². The summed E-state index contributed by atoms with van der Waals surface area (Å²) in [7, 11) is 0. The van der Waals surface area contributed by atoms with Crippen LogP contribution in [0.2, 0.25) is 0 Å². The fourth-order valence-corrected chi connectivity index (χ4v) is 2.80. The lowest BCUT2D eigenvalue weighted by atomic mass is 10.1. The van der Waals surface area contributed by atoms with E-state index in [2.05, 4.69) is 44.3 Å². The van der Waals surface area contributed by atoms with Crippen molar-refractivity contribution in [2.24, 2.45) is 0 Å². The fraction of sp³-hybridized carbons (Fsp3) is 0.278. The molecule has 0 aliphatic carbocycles.